The monoisotopic (exact) mass is 368 g/mol. The minimum atomic E-state index is -3.26. The van der Waals surface area contributed by atoms with Crippen LogP contribution in [-0.2, 0) is 21.2 Å². The molecule has 1 aromatic rings. The standard InChI is InChI=1S/C17H24N2O5S/c1-25(21,22)18-12-14-4-2-3-7-19(14)17(20)11-13-5-6-15-16(10-13)24-9-8-23-15/h5-6,10,14,18H,2-4,7-9,11-12H2,1H3. The van der Waals surface area contributed by atoms with Gasteiger partial charge in [-0.3, -0.25) is 4.79 Å². The molecule has 7 nitrogen and oxygen atoms in total. The largest absolute Gasteiger partial charge is 0.486 e. The van der Waals surface area contributed by atoms with Gasteiger partial charge in [-0.15, -0.1) is 0 Å². The maximum atomic E-state index is 12.7. The molecule has 2 heterocycles. The molecule has 0 saturated carbocycles. The Kier molecular flexibility index (Phi) is 5.48. The molecule has 138 valence electrons. The van der Waals surface area contributed by atoms with Crippen LogP contribution < -0.4 is 14.2 Å². The molecular weight excluding hydrogens is 344 g/mol. The minimum Gasteiger partial charge on any atom is -0.486 e. The molecule has 1 saturated heterocycles. The quantitative estimate of drug-likeness (QED) is 0.836. The Hall–Kier alpha value is -1.80. The average Bonchev–Trinajstić information content (AvgIpc) is 2.59. The van der Waals surface area contributed by atoms with E-state index >= 15 is 0 Å². The zero-order valence-corrected chi connectivity index (χ0v) is 15.2. The summed E-state index contributed by atoms with van der Waals surface area (Å²) in [6.45, 7) is 1.98. The Labute approximate surface area is 148 Å². The van der Waals surface area contributed by atoms with Crippen LogP contribution in [0.5, 0.6) is 11.5 Å². The van der Waals surface area contributed by atoms with E-state index in [0.717, 1.165) is 31.1 Å². The number of carbonyl (C=O) groups is 1. The first-order valence-corrected chi connectivity index (χ1v) is 10.4. The number of sulfonamides is 1. The van der Waals surface area contributed by atoms with Crippen LogP contribution in [0.3, 0.4) is 0 Å². The van der Waals surface area contributed by atoms with E-state index < -0.39 is 10.0 Å². The molecule has 1 N–H and O–H groups in total. The van der Waals surface area contributed by atoms with Crippen LogP contribution in [0.25, 0.3) is 0 Å². The molecule has 25 heavy (non-hydrogen) atoms. The van der Waals surface area contributed by atoms with E-state index in [1.165, 1.54) is 0 Å². The summed E-state index contributed by atoms with van der Waals surface area (Å²) in [4.78, 5) is 14.6. The third kappa shape index (κ3) is 4.85. The highest BCUT2D eigenvalue weighted by molar-refractivity contribution is 7.88. The van der Waals surface area contributed by atoms with Crippen molar-refractivity contribution in [3.05, 3.63) is 23.8 Å². The number of amides is 1. The van der Waals surface area contributed by atoms with Gasteiger partial charge in [0.25, 0.3) is 0 Å². The Morgan fingerprint density at radius 2 is 2.00 bits per heavy atom. The number of likely N-dealkylation sites (tertiary alicyclic amines) is 1. The van der Waals surface area contributed by atoms with E-state index in [2.05, 4.69) is 4.72 Å². The normalized spacial score (nSPS) is 20.4. The van der Waals surface area contributed by atoms with Gasteiger partial charge in [-0.2, -0.15) is 0 Å². The number of fused-ring (bicyclic) bond motifs is 1. The summed E-state index contributed by atoms with van der Waals surface area (Å²) in [6, 6.07) is 5.46. The fourth-order valence-electron chi connectivity index (χ4n) is 3.26. The number of ether oxygens (including phenoxy) is 2. The summed E-state index contributed by atoms with van der Waals surface area (Å²) in [5.74, 6) is 1.39. The number of carbonyl (C=O) groups excluding carboxylic acids is 1. The second kappa shape index (κ2) is 7.61. The van der Waals surface area contributed by atoms with Crippen LogP contribution in [-0.4, -0.2) is 57.8 Å². The first-order valence-electron chi connectivity index (χ1n) is 8.55. The van der Waals surface area contributed by atoms with Gasteiger partial charge in [0, 0.05) is 19.1 Å². The molecule has 1 atom stereocenters. The van der Waals surface area contributed by atoms with Gasteiger partial charge in [0.05, 0.1) is 12.7 Å². The SMILES string of the molecule is CS(=O)(=O)NCC1CCCCN1C(=O)Cc1ccc2c(c1)OCCO2. The number of nitrogens with zero attached hydrogens (tertiary/aromatic N) is 1. The fourth-order valence-corrected chi connectivity index (χ4v) is 3.76. The van der Waals surface area contributed by atoms with Crippen LogP contribution in [0.4, 0.5) is 0 Å². The number of benzene rings is 1. The number of rotatable bonds is 5. The topological polar surface area (TPSA) is 84.9 Å². The lowest BCUT2D eigenvalue weighted by atomic mass is 10.0. The molecule has 2 aliphatic heterocycles. The van der Waals surface area contributed by atoms with Crippen molar-refractivity contribution in [1.82, 2.24) is 9.62 Å². The molecule has 2 aliphatic rings. The molecule has 0 radical (unpaired) electrons. The Morgan fingerprint density at radius 1 is 1.24 bits per heavy atom. The maximum absolute atomic E-state index is 12.7. The van der Waals surface area contributed by atoms with Crippen molar-refractivity contribution in [3.63, 3.8) is 0 Å². The molecule has 1 fully saturated rings. The molecular formula is C17H24N2O5S. The van der Waals surface area contributed by atoms with Gasteiger partial charge in [0.1, 0.15) is 13.2 Å². The Bertz CT molecular complexity index is 735. The highest BCUT2D eigenvalue weighted by Gasteiger charge is 2.27. The third-order valence-electron chi connectivity index (χ3n) is 4.49. The highest BCUT2D eigenvalue weighted by atomic mass is 32.2. The molecule has 8 heteroatoms. The summed E-state index contributed by atoms with van der Waals surface area (Å²) in [6.07, 6.45) is 4.17. The van der Waals surface area contributed by atoms with Crippen LogP contribution in [0.1, 0.15) is 24.8 Å². The highest BCUT2D eigenvalue weighted by Crippen LogP contribution is 2.31. The molecule has 0 aliphatic carbocycles. The molecule has 3 rings (SSSR count). The van der Waals surface area contributed by atoms with Crippen LogP contribution in [0.15, 0.2) is 18.2 Å². The lowest BCUT2D eigenvalue weighted by molar-refractivity contribution is -0.133. The summed E-state index contributed by atoms with van der Waals surface area (Å²) in [5.41, 5.74) is 0.870. The van der Waals surface area contributed by atoms with Crippen molar-refractivity contribution in [2.45, 2.75) is 31.7 Å². The van der Waals surface area contributed by atoms with Crippen molar-refractivity contribution in [2.24, 2.45) is 0 Å². The lowest BCUT2D eigenvalue weighted by Gasteiger charge is -2.36. The summed E-state index contributed by atoms with van der Waals surface area (Å²) >= 11 is 0. The molecule has 1 unspecified atom stereocenters. The van der Waals surface area contributed by atoms with Crippen LogP contribution >= 0.6 is 0 Å². The van der Waals surface area contributed by atoms with E-state index in [1.807, 2.05) is 18.2 Å². The number of hydrogen-bond acceptors (Lipinski definition) is 5. The summed E-state index contributed by atoms with van der Waals surface area (Å²) in [7, 11) is -3.26. The molecule has 1 aromatic carbocycles. The summed E-state index contributed by atoms with van der Waals surface area (Å²) in [5, 5.41) is 0. The van der Waals surface area contributed by atoms with Gasteiger partial charge in [-0.1, -0.05) is 6.07 Å². The third-order valence-corrected chi connectivity index (χ3v) is 5.18. The smallest absolute Gasteiger partial charge is 0.227 e. The second-order valence-electron chi connectivity index (χ2n) is 6.51. The van der Waals surface area contributed by atoms with E-state index in [0.29, 0.717) is 31.3 Å². The number of nitrogens with one attached hydrogen (secondary N) is 1. The van der Waals surface area contributed by atoms with Crippen molar-refractivity contribution >= 4 is 15.9 Å². The zero-order valence-electron chi connectivity index (χ0n) is 14.4. The second-order valence-corrected chi connectivity index (χ2v) is 8.35. The maximum Gasteiger partial charge on any atom is 0.227 e. The molecule has 0 aromatic heterocycles. The molecule has 1 amide bonds. The predicted octanol–water partition coefficient (Wildman–Crippen LogP) is 0.931. The van der Waals surface area contributed by atoms with E-state index in [1.54, 1.807) is 4.90 Å². The van der Waals surface area contributed by atoms with E-state index in [-0.39, 0.29) is 24.9 Å². The Morgan fingerprint density at radius 3 is 2.76 bits per heavy atom. The number of piperidine rings is 1. The van der Waals surface area contributed by atoms with E-state index in [9.17, 15) is 13.2 Å². The van der Waals surface area contributed by atoms with Gasteiger partial charge in [0.2, 0.25) is 15.9 Å². The van der Waals surface area contributed by atoms with Gasteiger partial charge in [-0.25, -0.2) is 13.1 Å². The van der Waals surface area contributed by atoms with Crippen LogP contribution in [0, 0.1) is 0 Å². The van der Waals surface area contributed by atoms with E-state index in [4.69, 9.17) is 9.47 Å². The van der Waals surface area contributed by atoms with Gasteiger partial charge >= 0.3 is 0 Å². The van der Waals surface area contributed by atoms with Crippen molar-refractivity contribution in [1.29, 1.82) is 0 Å². The van der Waals surface area contributed by atoms with Crippen molar-refractivity contribution in [3.8, 4) is 11.5 Å². The zero-order chi connectivity index (χ0) is 17.9. The molecule has 0 bridgehead atoms. The number of hydrogen-bond donors (Lipinski definition) is 1. The first kappa shape index (κ1) is 18.0. The summed E-state index contributed by atoms with van der Waals surface area (Å²) < 4.78 is 36.3. The average molecular weight is 368 g/mol. The van der Waals surface area contributed by atoms with Crippen LogP contribution in [0.2, 0.25) is 0 Å². The minimum absolute atomic E-state index is 0.0108. The molecule has 0 spiro atoms. The van der Waals surface area contributed by atoms with Gasteiger partial charge in [0.15, 0.2) is 11.5 Å². The Balaban J connectivity index is 1.66. The fraction of sp³-hybridized carbons (Fsp3) is 0.588. The predicted molar refractivity (Wildman–Crippen MR) is 93.3 cm³/mol. The first-order chi connectivity index (χ1) is 11.9. The van der Waals surface area contributed by atoms with Crippen molar-refractivity contribution < 1.29 is 22.7 Å². The van der Waals surface area contributed by atoms with Gasteiger partial charge < -0.3 is 14.4 Å². The van der Waals surface area contributed by atoms with Gasteiger partial charge in [-0.05, 0) is 37.0 Å². The lowest BCUT2D eigenvalue weighted by Crippen LogP contribution is -2.49. The van der Waals surface area contributed by atoms with Crippen molar-refractivity contribution in [2.75, 3.05) is 32.6 Å².